The van der Waals surface area contributed by atoms with Gasteiger partial charge in [0.15, 0.2) is 0 Å². The van der Waals surface area contributed by atoms with Crippen molar-refractivity contribution < 1.29 is 0 Å². The lowest BCUT2D eigenvalue weighted by Gasteiger charge is -2.26. The molecule has 1 fully saturated rings. The summed E-state index contributed by atoms with van der Waals surface area (Å²) < 4.78 is 0. The Hall–Kier alpha value is -0.750. The Kier molecular flexibility index (Phi) is 1.75. The van der Waals surface area contributed by atoms with Crippen molar-refractivity contribution in [3.05, 3.63) is 48.0 Å². The zero-order valence-corrected chi connectivity index (χ0v) is 8.74. The van der Waals surface area contributed by atoms with E-state index in [-0.39, 0.29) is 4.87 Å². The third-order valence-electron chi connectivity index (χ3n) is 3.54. The first-order valence-electron chi connectivity index (χ1n) is 5.21. The molecule has 0 spiro atoms. The normalized spacial score (nSPS) is 39.2. The molecule has 1 heteroatoms. The van der Waals surface area contributed by atoms with E-state index in [2.05, 4.69) is 42.5 Å². The van der Waals surface area contributed by atoms with Crippen molar-refractivity contribution in [1.82, 2.24) is 0 Å². The van der Waals surface area contributed by atoms with Gasteiger partial charge in [-0.15, -0.1) is 11.6 Å². The fourth-order valence-electron chi connectivity index (χ4n) is 2.85. The van der Waals surface area contributed by atoms with Crippen LogP contribution in [0.25, 0.3) is 0 Å². The van der Waals surface area contributed by atoms with Crippen molar-refractivity contribution in [2.24, 2.45) is 5.92 Å². The maximum absolute atomic E-state index is 6.61. The first-order valence-corrected chi connectivity index (χ1v) is 5.59. The molecule has 0 aliphatic heterocycles. The molecular weight excluding hydrogens is 192 g/mol. The molecule has 1 saturated carbocycles. The Morgan fingerprint density at radius 2 is 2.00 bits per heavy atom. The number of fused-ring (bicyclic) bond motifs is 2. The van der Waals surface area contributed by atoms with E-state index in [4.69, 9.17) is 11.6 Å². The zero-order chi connectivity index (χ0) is 9.60. The lowest BCUT2D eigenvalue weighted by Crippen LogP contribution is -2.21. The molecule has 0 heterocycles. The summed E-state index contributed by atoms with van der Waals surface area (Å²) in [5.74, 6) is 1.25. The first kappa shape index (κ1) is 8.55. The number of hydrogen-bond donors (Lipinski definition) is 0. The summed E-state index contributed by atoms with van der Waals surface area (Å²) in [5.41, 5.74) is 1.40. The highest BCUT2D eigenvalue weighted by molar-refractivity contribution is 6.26. The fraction of sp³-hybridized carbons (Fsp3) is 0.385. The molecule has 72 valence electrons. The minimum Gasteiger partial charge on any atom is -0.114 e. The highest BCUT2D eigenvalue weighted by atomic mass is 35.5. The summed E-state index contributed by atoms with van der Waals surface area (Å²) in [6.45, 7) is 0. The van der Waals surface area contributed by atoms with Crippen LogP contribution < -0.4 is 0 Å². The Morgan fingerprint density at radius 3 is 2.57 bits per heavy atom. The first-order chi connectivity index (χ1) is 6.78. The van der Waals surface area contributed by atoms with Gasteiger partial charge in [-0.25, -0.2) is 0 Å². The molecule has 2 aliphatic rings. The molecule has 0 nitrogen and oxygen atoms in total. The van der Waals surface area contributed by atoms with Gasteiger partial charge in [0.05, 0.1) is 4.87 Å². The smallest absolute Gasteiger partial charge is 0.0700 e. The molecule has 0 amide bonds. The van der Waals surface area contributed by atoms with E-state index in [9.17, 15) is 0 Å². The summed E-state index contributed by atoms with van der Waals surface area (Å²) in [5, 5.41) is 0. The molecule has 1 aromatic rings. The molecular formula is C13H13Cl. The largest absolute Gasteiger partial charge is 0.114 e. The van der Waals surface area contributed by atoms with Crippen molar-refractivity contribution >= 4 is 11.6 Å². The average molecular weight is 205 g/mol. The van der Waals surface area contributed by atoms with E-state index < -0.39 is 0 Å². The predicted molar refractivity (Wildman–Crippen MR) is 59.6 cm³/mol. The average Bonchev–Trinajstić information content (AvgIpc) is 2.74. The monoisotopic (exact) mass is 204 g/mol. The van der Waals surface area contributed by atoms with Crippen LogP contribution >= 0.6 is 11.6 Å². The van der Waals surface area contributed by atoms with Gasteiger partial charge in [-0.1, -0.05) is 42.5 Å². The molecule has 0 aromatic heterocycles. The van der Waals surface area contributed by atoms with Gasteiger partial charge in [0.25, 0.3) is 0 Å². The van der Waals surface area contributed by atoms with Crippen LogP contribution in [0.3, 0.4) is 0 Å². The lowest BCUT2D eigenvalue weighted by atomic mass is 9.86. The zero-order valence-electron chi connectivity index (χ0n) is 7.99. The van der Waals surface area contributed by atoms with E-state index in [0.29, 0.717) is 5.92 Å². The van der Waals surface area contributed by atoms with Crippen molar-refractivity contribution in [2.75, 3.05) is 0 Å². The molecule has 2 bridgehead atoms. The summed E-state index contributed by atoms with van der Waals surface area (Å²) in [7, 11) is 0. The molecule has 1 aromatic carbocycles. The van der Waals surface area contributed by atoms with Gasteiger partial charge >= 0.3 is 0 Å². The number of halogens is 1. The molecule has 0 N–H and O–H groups in total. The number of alkyl halides is 1. The van der Waals surface area contributed by atoms with Crippen LogP contribution in [0.4, 0.5) is 0 Å². The van der Waals surface area contributed by atoms with Crippen LogP contribution in [0.1, 0.15) is 24.3 Å². The molecule has 2 aliphatic carbocycles. The lowest BCUT2D eigenvalue weighted by molar-refractivity contribution is 0.612. The van der Waals surface area contributed by atoms with E-state index in [1.165, 1.54) is 12.0 Å². The summed E-state index contributed by atoms with van der Waals surface area (Å²) in [4.78, 5) is -0.0774. The standard InChI is InChI=1S/C13H13Cl/c14-13-7-6-10(9-13)8-12(13)11-4-2-1-3-5-11/h1-7,10,12H,8-9H2. The Bertz CT molecular complexity index is 368. The van der Waals surface area contributed by atoms with Crippen molar-refractivity contribution in [2.45, 2.75) is 23.6 Å². The fourth-order valence-corrected chi connectivity index (χ4v) is 3.34. The highest BCUT2D eigenvalue weighted by Crippen LogP contribution is 2.55. The molecule has 0 radical (unpaired) electrons. The van der Waals surface area contributed by atoms with Crippen LogP contribution in [0.2, 0.25) is 0 Å². The summed E-state index contributed by atoms with van der Waals surface area (Å²) >= 11 is 6.61. The van der Waals surface area contributed by atoms with Gasteiger partial charge in [-0.2, -0.15) is 0 Å². The van der Waals surface area contributed by atoms with Gasteiger partial charge in [0, 0.05) is 5.92 Å². The third-order valence-corrected chi connectivity index (χ3v) is 4.08. The summed E-state index contributed by atoms with van der Waals surface area (Å²) in [6, 6.07) is 10.7. The summed E-state index contributed by atoms with van der Waals surface area (Å²) in [6.07, 6.45) is 6.85. The van der Waals surface area contributed by atoms with Crippen molar-refractivity contribution in [3.8, 4) is 0 Å². The quantitative estimate of drug-likeness (QED) is 0.483. The van der Waals surface area contributed by atoms with Crippen molar-refractivity contribution in [3.63, 3.8) is 0 Å². The van der Waals surface area contributed by atoms with E-state index in [0.717, 1.165) is 12.3 Å². The molecule has 3 atom stereocenters. The van der Waals surface area contributed by atoms with E-state index in [1.54, 1.807) is 0 Å². The van der Waals surface area contributed by atoms with Crippen LogP contribution in [0.5, 0.6) is 0 Å². The molecule has 3 rings (SSSR count). The van der Waals surface area contributed by atoms with Gasteiger partial charge in [0.2, 0.25) is 0 Å². The number of benzene rings is 1. The second kappa shape index (κ2) is 2.87. The van der Waals surface area contributed by atoms with Crippen LogP contribution in [0, 0.1) is 5.92 Å². The maximum atomic E-state index is 6.61. The van der Waals surface area contributed by atoms with Crippen LogP contribution in [0.15, 0.2) is 42.5 Å². The molecule has 3 unspecified atom stereocenters. The number of rotatable bonds is 1. The van der Waals surface area contributed by atoms with Gasteiger partial charge < -0.3 is 0 Å². The Labute approximate surface area is 89.6 Å². The molecule has 0 saturated heterocycles. The van der Waals surface area contributed by atoms with Crippen LogP contribution in [-0.2, 0) is 0 Å². The van der Waals surface area contributed by atoms with Gasteiger partial charge in [-0.3, -0.25) is 0 Å². The number of allylic oxidation sites excluding steroid dienone is 2. The minimum absolute atomic E-state index is 0.0774. The van der Waals surface area contributed by atoms with Gasteiger partial charge in [-0.05, 0) is 24.3 Å². The Balaban J connectivity index is 1.99. The van der Waals surface area contributed by atoms with Gasteiger partial charge in [0.1, 0.15) is 0 Å². The maximum Gasteiger partial charge on any atom is 0.0700 e. The number of hydrogen-bond acceptors (Lipinski definition) is 0. The minimum atomic E-state index is -0.0774. The Morgan fingerprint density at radius 1 is 1.21 bits per heavy atom. The van der Waals surface area contributed by atoms with Crippen molar-refractivity contribution in [1.29, 1.82) is 0 Å². The predicted octanol–water partition coefficient (Wildman–Crippen LogP) is 3.73. The molecule has 14 heavy (non-hydrogen) atoms. The highest BCUT2D eigenvalue weighted by Gasteiger charge is 2.47. The second-order valence-electron chi connectivity index (χ2n) is 4.45. The van der Waals surface area contributed by atoms with E-state index in [1.807, 2.05) is 0 Å². The topological polar surface area (TPSA) is 0 Å². The van der Waals surface area contributed by atoms with E-state index >= 15 is 0 Å². The second-order valence-corrected chi connectivity index (χ2v) is 5.15. The third kappa shape index (κ3) is 1.14. The van der Waals surface area contributed by atoms with Crippen LogP contribution in [-0.4, -0.2) is 4.87 Å². The SMILES string of the molecule is ClC12C=CC(CC1c1ccccc1)C2.